The van der Waals surface area contributed by atoms with E-state index in [9.17, 15) is 9.59 Å². The molecule has 2 rings (SSSR count). The van der Waals surface area contributed by atoms with Gasteiger partial charge in [0.05, 0.1) is 6.42 Å². The Morgan fingerprint density at radius 3 is 2.41 bits per heavy atom. The van der Waals surface area contributed by atoms with Crippen molar-refractivity contribution in [3.05, 3.63) is 40.9 Å². The molecule has 2 aromatic carbocycles. The maximum absolute atomic E-state index is 11.0. The summed E-state index contributed by atoms with van der Waals surface area (Å²) in [7, 11) is 0. The number of carbonyl (C=O) groups is 2. The quantitative estimate of drug-likeness (QED) is 0.721. The second-order valence-corrected chi connectivity index (χ2v) is 5.69. The first-order valence-corrected chi connectivity index (χ1v) is 7.22. The molecule has 4 N–H and O–H groups in total. The molecule has 0 aromatic heterocycles. The summed E-state index contributed by atoms with van der Waals surface area (Å²) in [6.07, 6.45) is -1.64. The van der Waals surface area contributed by atoms with Gasteiger partial charge in [0.25, 0.3) is 0 Å². The number of hydrogen-bond donors (Lipinski definition) is 3. The van der Waals surface area contributed by atoms with Crippen molar-refractivity contribution in [1.82, 2.24) is 0 Å². The fourth-order valence-electron chi connectivity index (χ4n) is 2.02. The van der Waals surface area contributed by atoms with Crippen LogP contribution in [0.2, 0.25) is 0 Å². The highest BCUT2D eigenvalue weighted by molar-refractivity contribution is 9.10. The number of halogens is 1. The summed E-state index contributed by atoms with van der Waals surface area (Å²) in [5.74, 6) is -2.11. The molecule has 1 unspecified atom stereocenters. The molecule has 6 nitrogen and oxygen atoms in total. The van der Waals surface area contributed by atoms with Gasteiger partial charge in [0.1, 0.15) is 17.9 Å². The molecule has 2 atom stereocenters. The zero-order valence-electron chi connectivity index (χ0n) is 11.4. The zero-order valence-corrected chi connectivity index (χ0v) is 13.0. The van der Waals surface area contributed by atoms with Gasteiger partial charge in [0.15, 0.2) is 0 Å². The van der Waals surface area contributed by atoms with Gasteiger partial charge in [-0.1, -0.05) is 28.1 Å². The van der Waals surface area contributed by atoms with Crippen molar-refractivity contribution in [2.75, 3.05) is 0 Å². The van der Waals surface area contributed by atoms with Gasteiger partial charge >= 0.3 is 11.9 Å². The molecule has 0 saturated heterocycles. The largest absolute Gasteiger partial charge is 0.488 e. The van der Waals surface area contributed by atoms with Crippen molar-refractivity contribution in [3.63, 3.8) is 0 Å². The van der Waals surface area contributed by atoms with Gasteiger partial charge < -0.3 is 20.7 Å². The van der Waals surface area contributed by atoms with Gasteiger partial charge in [-0.15, -0.1) is 0 Å². The lowest BCUT2D eigenvalue weighted by Crippen LogP contribution is -2.46. The van der Waals surface area contributed by atoms with Crippen LogP contribution < -0.4 is 10.5 Å². The predicted molar refractivity (Wildman–Crippen MR) is 83.9 cm³/mol. The molecular formula is C15H14BrNO5. The summed E-state index contributed by atoms with van der Waals surface area (Å²) < 4.78 is 6.42. The molecule has 0 fully saturated rings. The molecule has 0 bridgehead atoms. The molecule has 0 aliphatic rings. The molecule has 0 aliphatic heterocycles. The number of benzene rings is 2. The van der Waals surface area contributed by atoms with Crippen molar-refractivity contribution in [3.8, 4) is 5.75 Å². The highest BCUT2D eigenvalue weighted by Crippen LogP contribution is 2.25. The number of aliphatic carboxylic acids is 2. The fraction of sp³-hybridized carbons (Fsp3) is 0.200. The highest BCUT2D eigenvalue weighted by atomic mass is 79.9. The number of fused-ring (bicyclic) bond motifs is 1. The maximum Gasteiger partial charge on any atom is 0.324 e. The Bertz CT molecular complexity index is 718. The summed E-state index contributed by atoms with van der Waals surface area (Å²) in [4.78, 5) is 21.8. The van der Waals surface area contributed by atoms with Crippen molar-refractivity contribution in [2.45, 2.75) is 18.6 Å². The number of carboxylic acids is 2. The van der Waals surface area contributed by atoms with Crippen LogP contribution in [0.3, 0.4) is 0 Å². The van der Waals surface area contributed by atoms with Crippen LogP contribution in [-0.4, -0.2) is 34.3 Å². The van der Waals surface area contributed by atoms with E-state index < -0.39 is 30.5 Å². The van der Waals surface area contributed by atoms with E-state index in [1.807, 2.05) is 18.2 Å². The Labute approximate surface area is 134 Å². The van der Waals surface area contributed by atoms with E-state index in [1.54, 1.807) is 18.2 Å². The first kappa shape index (κ1) is 16.3. The maximum atomic E-state index is 11.0. The lowest BCUT2D eigenvalue weighted by Gasteiger charge is -2.21. The third kappa shape index (κ3) is 3.96. The first-order chi connectivity index (χ1) is 10.4. The van der Waals surface area contributed by atoms with E-state index in [0.29, 0.717) is 5.75 Å². The van der Waals surface area contributed by atoms with Gasteiger partial charge in [-0.25, -0.2) is 0 Å². The monoisotopic (exact) mass is 367 g/mol. The number of nitrogens with two attached hydrogens (primary N) is 1. The average molecular weight is 368 g/mol. The SMILES string of the molecule is N[C@H](C(=O)O)C(CC(=O)O)Oc1ccc2cc(Br)ccc2c1. The van der Waals surface area contributed by atoms with Crippen molar-refractivity contribution in [1.29, 1.82) is 0 Å². The Balaban J connectivity index is 2.27. The van der Waals surface area contributed by atoms with Crippen LogP contribution in [0.4, 0.5) is 0 Å². The van der Waals surface area contributed by atoms with E-state index in [2.05, 4.69) is 15.9 Å². The normalized spacial score (nSPS) is 13.5. The minimum Gasteiger partial charge on any atom is -0.488 e. The first-order valence-electron chi connectivity index (χ1n) is 6.43. The molecule has 22 heavy (non-hydrogen) atoms. The molecule has 0 radical (unpaired) electrons. The zero-order chi connectivity index (χ0) is 16.3. The van der Waals surface area contributed by atoms with Crippen LogP contribution in [0, 0.1) is 0 Å². The molecule has 0 heterocycles. The summed E-state index contributed by atoms with van der Waals surface area (Å²) in [6.45, 7) is 0. The van der Waals surface area contributed by atoms with E-state index in [1.165, 1.54) is 0 Å². The van der Waals surface area contributed by atoms with E-state index in [4.69, 9.17) is 20.7 Å². The van der Waals surface area contributed by atoms with Crippen LogP contribution in [-0.2, 0) is 9.59 Å². The second-order valence-electron chi connectivity index (χ2n) is 4.77. The smallest absolute Gasteiger partial charge is 0.324 e. The van der Waals surface area contributed by atoms with Crippen LogP contribution in [0.5, 0.6) is 5.75 Å². The van der Waals surface area contributed by atoms with Crippen molar-refractivity contribution in [2.24, 2.45) is 5.73 Å². The van der Waals surface area contributed by atoms with E-state index in [-0.39, 0.29) is 0 Å². The Hall–Kier alpha value is -2.12. The summed E-state index contributed by atoms with van der Waals surface area (Å²) in [6, 6.07) is 9.41. The minimum absolute atomic E-state index is 0.373. The predicted octanol–water partition coefficient (Wildman–Crippen LogP) is 2.24. The number of ether oxygens (including phenoxy) is 1. The standard InChI is InChI=1S/C15H14BrNO5/c16-10-3-1-9-6-11(4-2-8(9)5-10)22-12(7-13(18)19)14(17)15(20)21/h1-6,12,14H,7,17H2,(H,18,19)(H,20,21)/t12?,14-/m0/s1. The van der Waals surface area contributed by atoms with Crippen LogP contribution in [0.15, 0.2) is 40.9 Å². The molecule has 0 saturated carbocycles. The van der Waals surface area contributed by atoms with Gasteiger partial charge in [-0.2, -0.15) is 0 Å². The Morgan fingerprint density at radius 2 is 1.77 bits per heavy atom. The Morgan fingerprint density at radius 1 is 1.14 bits per heavy atom. The summed E-state index contributed by atoms with van der Waals surface area (Å²) >= 11 is 3.38. The molecular weight excluding hydrogens is 354 g/mol. The van der Waals surface area contributed by atoms with Crippen LogP contribution in [0.25, 0.3) is 10.8 Å². The fourth-order valence-corrected chi connectivity index (χ4v) is 2.39. The highest BCUT2D eigenvalue weighted by Gasteiger charge is 2.28. The molecule has 0 spiro atoms. The molecule has 2 aromatic rings. The lowest BCUT2D eigenvalue weighted by molar-refractivity contribution is -0.143. The average Bonchev–Trinajstić information content (AvgIpc) is 2.45. The lowest BCUT2D eigenvalue weighted by atomic mass is 10.1. The van der Waals surface area contributed by atoms with Gasteiger partial charge in [-0.3, -0.25) is 9.59 Å². The van der Waals surface area contributed by atoms with Gasteiger partial charge in [0, 0.05) is 4.47 Å². The molecule has 0 aliphatic carbocycles. The molecule has 7 heteroatoms. The van der Waals surface area contributed by atoms with Crippen LogP contribution in [0.1, 0.15) is 6.42 Å². The van der Waals surface area contributed by atoms with E-state index >= 15 is 0 Å². The molecule has 0 amide bonds. The number of carboxylic acid groups (broad SMARTS) is 2. The number of rotatable bonds is 6. The molecule has 116 valence electrons. The summed E-state index contributed by atoms with van der Waals surface area (Å²) in [5.41, 5.74) is 5.50. The van der Waals surface area contributed by atoms with Gasteiger partial charge in [-0.05, 0) is 35.0 Å². The third-order valence-electron chi connectivity index (χ3n) is 3.12. The number of hydrogen-bond acceptors (Lipinski definition) is 4. The summed E-state index contributed by atoms with van der Waals surface area (Å²) in [5, 5.41) is 19.7. The Kier molecular flexibility index (Phi) is 4.99. The second kappa shape index (κ2) is 6.76. The van der Waals surface area contributed by atoms with Gasteiger partial charge in [0.2, 0.25) is 0 Å². The topological polar surface area (TPSA) is 110 Å². The van der Waals surface area contributed by atoms with Crippen molar-refractivity contribution >= 4 is 38.6 Å². The van der Waals surface area contributed by atoms with Crippen molar-refractivity contribution < 1.29 is 24.5 Å². The van der Waals surface area contributed by atoms with Crippen LogP contribution >= 0.6 is 15.9 Å². The third-order valence-corrected chi connectivity index (χ3v) is 3.62. The van der Waals surface area contributed by atoms with E-state index in [0.717, 1.165) is 15.2 Å². The minimum atomic E-state index is -1.42.